The summed E-state index contributed by atoms with van der Waals surface area (Å²) in [5.41, 5.74) is 5.08. The Balaban J connectivity index is 2.64. The molecular weight excluding hydrogens is 202 g/mol. The summed E-state index contributed by atoms with van der Waals surface area (Å²) in [6.07, 6.45) is 1.22. The molecule has 0 amide bonds. The van der Waals surface area contributed by atoms with Crippen LogP contribution in [0.1, 0.15) is 26.7 Å². The van der Waals surface area contributed by atoms with E-state index in [0.717, 1.165) is 0 Å². The molecule has 0 radical (unpaired) electrons. The fourth-order valence-electron chi connectivity index (χ4n) is 1.67. The average Bonchev–Trinajstić information content (AvgIpc) is 2.01. The molecule has 1 aliphatic rings. The molecule has 0 unspecified atom stereocenters. The number of sulfone groups is 1. The van der Waals surface area contributed by atoms with Gasteiger partial charge in [0, 0.05) is 18.8 Å². The van der Waals surface area contributed by atoms with Crippen LogP contribution in [-0.2, 0) is 14.6 Å². The van der Waals surface area contributed by atoms with E-state index in [1.165, 1.54) is 0 Å². The van der Waals surface area contributed by atoms with Gasteiger partial charge < -0.3 is 10.5 Å². The van der Waals surface area contributed by atoms with Crippen LogP contribution in [0.25, 0.3) is 0 Å². The van der Waals surface area contributed by atoms with Crippen LogP contribution < -0.4 is 5.73 Å². The van der Waals surface area contributed by atoms with Gasteiger partial charge in [0.25, 0.3) is 0 Å². The maximum atomic E-state index is 11.9. The van der Waals surface area contributed by atoms with E-state index in [-0.39, 0.29) is 11.0 Å². The number of hydrogen-bond acceptors (Lipinski definition) is 4. The van der Waals surface area contributed by atoms with Gasteiger partial charge in [0.15, 0.2) is 9.84 Å². The van der Waals surface area contributed by atoms with Crippen molar-refractivity contribution in [2.24, 2.45) is 5.73 Å². The Hall–Kier alpha value is -0.130. The minimum absolute atomic E-state index is 0.0602. The average molecular weight is 221 g/mol. The van der Waals surface area contributed by atoms with Crippen LogP contribution in [0, 0.1) is 0 Å². The first-order valence-corrected chi connectivity index (χ1v) is 6.61. The molecular formula is C9H19NO3S. The molecule has 0 atom stereocenters. The molecule has 0 saturated carbocycles. The molecule has 0 aromatic carbocycles. The molecule has 0 spiro atoms. The highest BCUT2D eigenvalue weighted by atomic mass is 32.2. The molecule has 1 aliphatic heterocycles. The molecule has 0 aromatic heterocycles. The SMILES string of the molecule is CC(C)(N)CS(=O)(=O)C1CCOCC1. The van der Waals surface area contributed by atoms with E-state index < -0.39 is 15.4 Å². The first-order valence-electron chi connectivity index (χ1n) is 4.89. The van der Waals surface area contributed by atoms with E-state index in [1.807, 2.05) is 0 Å². The maximum absolute atomic E-state index is 11.9. The van der Waals surface area contributed by atoms with Crippen LogP contribution in [0.15, 0.2) is 0 Å². The van der Waals surface area contributed by atoms with Gasteiger partial charge in [0.1, 0.15) is 0 Å². The van der Waals surface area contributed by atoms with E-state index in [9.17, 15) is 8.42 Å². The number of ether oxygens (including phenoxy) is 1. The minimum atomic E-state index is -3.05. The monoisotopic (exact) mass is 221 g/mol. The van der Waals surface area contributed by atoms with E-state index in [4.69, 9.17) is 10.5 Å². The Morgan fingerprint density at radius 2 is 1.86 bits per heavy atom. The van der Waals surface area contributed by atoms with Crippen molar-refractivity contribution in [3.05, 3.63) is 0 Å². The summed E-state index contributed by atoms with van der Waals surface area (Å²) in [6, 6.07) is 0. The quantitative estimate of drug-likeness (QED) is 0.745. The zero-order valence-corrected chi connectivity index (χ0v) is 9.64. The van der Waals surface area contributed by atoms with Gasteiger partial charge in [-0.25, -0.2) is 8.42 Å². The van der Waals surface area contributed by atoms with Crippen LogP contribution in [0.4, 0.5) is 0 Å². The van der Waals surface area contributed by atoms with Crippen molar-refractivity contribution in [1.82, 2.24) is 0 Å². The van der Waals surface area contributed by atoms with E-state index >= 15 is 0 Å². The second-order valence-corrected chi connectivity index (χ2v) is 6.89. The molecule has 5 heteroatoms. The van der Waals surface area contributed by atoms with Crippen molar-refractivity contribution in [3.8, 4) is 0 Å². The van der Waals surface area contributed by atoms with Crippen molar-refractivity contribution in [1.29, 1.82) is 0 Å². The van der Waals surface area contributed by atoms with Crippen molar-refractivity contribution in [2.45, 2.75) is 37.5 Å². The van der Waals surface area contributed by atoms with Gasteiger partial charge in [0.2, 0.25) is 0 Å². The maximum Gasteiger partial charge on any atom is 0.155 e. The van der Waals surface area contributed by atoms with E-state index in [2.05, 4.69) is 0 Å². The van der Waals surface area contributed by atoms with Crippen LogP contribution in [0.5, 0.6) is 0 Å². The second-order valence-electron chi connectivity index (χ2n) is 4.61. The van der Waals surface area contributed by atoms with Crippen LogP contribution in [0.2, 0.25) is 0 Å². The number of rotatable bonds is 3. The third kappa shape index (κ3) is 3.55. The first-order chi connectivity index (χ1) is 6.31. The zero-order chi connectivity index (χ0) is 10.8. The zero-order valence-electron chi connectivity index (χ0n) is 8.82. The summed E-state index contributed by atoms with van der Waals surface area (Å²) in [7, 11) is -3.05. The van der Waals surface area contributed by atoms with Gasteiger partial charge in [-0.15, -0.1) is 0 Å². The van der Waals surface area contributed by atoms with Crippen LogP contribution in [0.3, 0.4) is 0 Å². The van der Waals surface area contributed by atoms with Crippen molar-refractivity contribution >= 4 is 9.84 Å². The normalized spacial score (nSPS) is 21.1. The standard InChI is InChI=1S/C9H19NO3S/c1-9(2,10)7-14(11,12)8-3-5-13-6-4-8/h8H,3-7,10H2,1-2H3. The molecule has 1 heterocycles. The third-order valence-electron chi connectivity index (χ3n) is 2.25. The highest BCUT2D eigenvalue weighted by Crippen LogP contribution is 2.18. The largest absolute Gasteiger partial charge is 0.381 e. The topological polar surface area (TPSA) is 69.4 Å². The summed E-state index contributed by atoms with van der Waals surface area (Å²) in [5, 5.41) is -0.251. The summed E-state index contributed by atoms with van der Waals surface area (Å²) in [5.74, 6) is 0.0602. The minimum Gasteiger partial charge on any atom is -0.381 e. The Morgan fingerprint density at radius 3 is 2.29 bits per heavy atom. The van der Waals surface area contributed by atoms with Gasteiger partial charge in [-0.05, 0) is 26.7 Å². The van der Waals surface area contributed by atoms with E-state index in [0.29, 0.717) is 26.1 Å². The summed E-state index contributed by atoms with van der Waals surface area (Å²) in [4.78, 5) is 0. The van der Waals surface area contributed by atoms with Gasteiger partial charge in [0.05, 0.1) is 11.0 Å². The molecule has 0 aromatic rings. The predicted octanol–water partition coefficient (Wildman–Crippen LogP) is 0.317. The fourth-order valence-corrected chi connectivity index (χ4v) is 3.85. The first kappa shape index (κ1) is 11.9. The van der Waals surface area contributed by atoms with Crippen molar-refractivity contribution < 1.29 is 13.2 Å². The van der Waals surface area contributed by atoms with E-state index in [1.54, 1.807) is 13.8 Å². The Morgan fingerprint density at radius 1 is 1.36 bits per heavy atom. The molecule has 0 aliphatic carbocycles. The molecule has 1 saturated heterocycles. The van der Waals surface area contributed by atoms with Crippen molar-refractivity contribution in [3.63, 3.8) is 0 Å². The highest BCUT2D eigenvalue weighted by molar-refractivity contribution is 7.92. The van der Waals surface area contributed by atoms with Gasteiger partial charge >= 0.3 is 0 Å². The Labute approximate surface area is 85.7 Å². The highest BCUT2D eigenvalue weighted by Gasteiger charge is 2.31. The molecule has 1 fully saturated rings. The lowest BCUT2D eigenvalue weighted by molar-refractivity contribution is 0.0983. The van der Waals surface area contributed by atoms with Crippen molar-refractivity contribution in [2.75, 3.05) is 19.0 Å². The van der Waals surface area contributed by atoms with Gasteiger partial charge in [-0.3, -0.25) is 0 Å². The van der Waals surface area contributed by atoms with Gasteiger partial charge in [-0.2, -0.15) is 0 Å². The molecule has 14 heavy (non-hydrogen) atoms. The molecule has 84 valence electrons. The Kier molecular flexibility index (Phi) is 3.55. The fraction of sp³-hybridized carbons (Fsp3) is 1.00. The Bertz CT molecular complexity index is 273. The third-order valence-corrected chi connectivity index (χ3v) is 4.88. The summed E-state index contributed by atoms with van der Waals surface area (Å²) < 4.78 is 28.9. The molecule has 0 bridgehead atoms. The molecule has 4 nitrogen and oxygen atoms in total. The lowest BCUT2D eigenvalue weighted by Crippen LogP contribution is -2.44. The molecule has 2 N–H and O–H groups in total. The lowest BCUT2D eigenvalue weighted by atomic mass is 10.1. The number of hydrogen-bond donors (Lipinski definition) is 1. The molecule has 1 rings (SSSR count). The summed E-state index contributed by atoms with van der Waals surface area (Å²) >= 11 is 0. The summed E-state index contributed by atoms with van der Waals surface area (Å²) in [6.45, 7) is 4.58. The second kappa shape index (κ2) is 4.16. The van der Waals surface area contributed by atoms with Gasteiger partial charge in [-0.1, -0.05) is 0 Å². The smallest absolute Gasteiger partial charge is 0.155 e. The predicted molar refractivity (Wildman–Crippen MR) is 55.9 cm³/mol. The number of nitrogens with two attached hydrogens (primary N) is 1. The van der Waals surface area contributed by atoms with Crippen LogP contribution in [-0.4, -0.2) is 38.2 Å². The lowest BCUT2D eigenvalue weighted by Gasteiger charge is -2.26. The van der Waals surface area contributed by atoms with Crippen LogP contribution >= 0.6 is 0 Å².